The Morgan fingerprint density at radius 3 is 2.38 bits per heavy atom. The Morgan fingerprint density at radius 1 is 0.900 bits per heavy atom. The van der Waals surface area contributed by atoms with Crippen molar-refractivity contribution in [1.82, 2.24) is 19.8 Å². The first kappa shape index (κ1) is 33.5. The first-order valence-electron chi connectivity index (χ1n) is 16.9. The Hall–Kier alpha value is -5.04. The van der Waals surface area contributed by atoms with Crippen LogP contribution in [0.1, 0.15) is 18.4 Å². The van der Waals surface area contributed by atoms with Crippen molar-refractivity contribution in [2.45, 2.75) is 30.8 Å². The van der Waals surface area contributed by atoms with Crippen molar-refractivity contribution >= 4 is 43.9 Å². The van der Waals surface area contributed by atoms with E-state index in [-0.39, 0.29) is 30.1 Å². The maximum Gasteiger partial charge on any atom is 0.260 e. The number of carbonyl (C=O) groups is 1. The fourth-order valence-corrected chi connectivity index (χ4v) is 7.73. The standard InChI is InChI=1S/C38H40N6O5S/c1-27-13-14-28(24-35(27)50(46,47)39-25-32-10-7-23-48-32)37-33-11-5-6-12-34(33)38(42-41-37)40-29-15-17-31(18-16-29)49-26-36(45)44-21-19-43(20-22-44)30-8-3-2-4-9-30/h2-6,8-9,11-18,24,32,39H,7,10,19-23,25-26H2,1H3,(H,40,42)/t32-/m0/s1. The number of aryl methyl sites for hydroxylation is 1. The Bertz CT molecular complexity index is 2060. The van der Waals surface area contributed by atoms with E-state index >= 15 is 0 Å². The first-order chi connectivity index (χ1) is 24.3. The number of hydrogen-bond acceptors (Lipinski definition) is 9. The number of amides is 1. The maximum absolute atomic E-state index is 13.3. The van der Waals surface area contributed by atoms with E-state index in [0.29, 0.717) is 48.1 Å². The molecule has 0 unspecified atom stereocenters. The van der Waals surface area contributed by atoms with E-state index < -0.39 is 10.0 Å². The van der Waals surface area contributed by atoms with Gasteiger partial charge >= 0.3 is 0 Å². The summed E-state index contributed by atoms with van der Waals surface area (Å²) in [6, 6.07) is 30.7. The zero-order valence-corrected chi connectivity index (χ0v) is 28.7. The number of hydrogen-bond donors (Lipinski definition) is 2. The lowest BCUT2D eigenvalue weighted by Crippen LogP contribution is -2.50. The number of sulfonamides is 1. The molecule has 1 amide bonds. The van der Waals surface area contributed by atoms with Gasteiger partial charge in [-0.15, -0.1) is 10.2 Å². The van der Waals surface area contributed by atoms with Crippen molar-refractivity contribution in [3.8, 4) is 17.0 Å². The van der Waals surface area contributed by atoms with Gasteiger partial charge in [0.05, 0.1) is 11.0 Å². The maximum atomic E-state index is 13.3. The SMILES string of the molecule is Cc1ccc(-c2nnc(Nc3ccc(OCC(=O)N4CCN(c5ccccc5)CC4)cc3)c3ccccc23)cc1S(=O)(=O)NC[C@@H]1CCCO1. The predicted molar refractivity (Wildman–Crippen MR) is 194 cm³/mol. The van der Waals surface area contributed by atoms with Gasteiger partial charge in [-0.25, -0.2) is 13.1 Å². The van der Waals surface area contributed by atoms with E-state index in [9.17, 15) is 13.2 Å². The van der Waals surface area contributed by atoms with Crippen LogP contribution < -0.4 is 19.7 Å². The highest BCUT2D eigenvalue weighted by atomic mass is 32.2. The lowest BCUT2D eigenvalue weighted by molar-refractivity contribution is -0.133. The summed E-state index contributed by atoms with van der Waals surface area (Å²) < 4.78 is 40.8. The van der Waals surface area contributed by atoms with E-state index in [1.807, 2.05) is 77.7 Å². The molecule has 50 heavy (non-hydrogen) atoms. The minimum atomic E-state index is -3.76. The van der Waals surface area contributed by atoms with Gasteiger partial charge in [0.15, 0.2) is 12.4 Å². The second-order valence-electron chi connectivity index (χ2n) is 12.6. The quantitative estimate of drug-likeness (QED) is 0.184. The Morgan fingerprint density at radius 2 is 1.64 bits per heavy atom. The molecule has 2 aliphatic rings. The van der Waals surface area contributed by atoms with Gasteiger partial charge in [0, 0.05) is 67.0 Å². The van der Waals surface area contributed by atoms with Crippen molar-refractivity contribution in [2.75, 3.05) is 56.2 Å². The second kappa shape index (κ2) is 14.8. The summed E-state index contributed by atoms with van der Waals surface area (Å²) in [7, 11) is -3.76. The number of fused-ring (bicyclic) bond motifs is 1. The average Bonchev–Trinajstić information content (AvgIpc) is 3.69. The molecular weight excluding hydrogens is 653 g/mol. The highest BCUT2D eigenvalue weighted by Crippen LogP contribution is 2.33. The zero-order valence-electron chi connectivity index (χ0n) is 27.9. The molecule has 2 aliphatic heterocycles. The molecule has 11 nitrogen and oxygen atoms in total. The summed E-state index contributed by atoms with van der Waals surface area (Å²) in [6.07, 6.45) is 1.68. The molecule has 0 aliphatic carbocycles. The number of nitrogens with one attached hydrogen (secondary N) is 2. The molecule has 0 saturated carbocycles. The number of aromatic nitrogens is 2. The van der Waals surface area contributed by atoms with Gasteiger partial charge in [0.25, 0.3) is 5.91 Å². The number of benzene rings is 4. The molecule has 1 aromatic heterocycles. The monoisotopic (exact) mass is 692 g/mol. The summed E-state index contributed by atoms with van der Waals surface area (Å²) in [6.45, 7) is 5.55. The number of carbonyl (C=O) groups excluding carboxylic acids is 1. The normalized spacial score (nSPS) is 16.5. The molecule has 2 N–H and O–H groups in total. The van der Waals surface area contributed by atoms with Crippen LogP contribution in [0, 0.1) is 6.92 Å². The third-order valence-corrected chi connectivity index (χ3v) is 10.8. The summed E-state index contributed by atoms with van der Waals surface area (Å²) in [5, 5.41) is 14.1. The van der Waals surface area contributed by atoms with Crippen LogP contribution in [-0.4, -0.2) is 81.5 Å². The molecule has 0 spiro atoms. The van der Waals surface area contributed by atoms with Gasteiger partial charge in [0.2, 0.25) is 10.0 Å². The molecule has 7 rings (SSSR count). The lowest BCUT2D eigenvalue weighted by Gasteiger charge is -2.36. The number of ether oxygens (including phenoxy) is 2. The summed E-state index contributed by atoms with van der Waals surface area (Å²) >= 11 is 0. The van der Waals surface area contributed by atoms with Crippen molar-refractivity contribution in [3.05, 3.63) is 103 Å². The third-order valence-electron chi connectivity index (χ3n) is 9.20. The summed E-state index contributed by atoms with van der Waals surface area (Å²) in [5.41, 5.74) is 3.82. The number of nitrogens with zero attached hydrogens (tertiary/aromatic N) is 4. The smallest absolute Gasteiger partial charge is 0.260 e. The molecule has 5 aromatic rings. The first-order valence-corrected chi connectivity index (χ1v) is 18.4. The van der Waals surface area contributed by atoms with Gasteiger partial charge in [0.1, 0.15) is 11.4 Å². The van der Waals surface area contributed by atoms with Crippen molar-refractivity contribution in [3.63, 3.8) is 0 Å². The van der Waals surface area contributed by atoms with Gasteiger partial charge in [-0.2, -0.15) is 0 Å². The molecule has 0 bridgehead atoms. The van der Waals surface area contributed by atoms with Gasteiger partial charge in [-0.1, -0.05) is 54.6 Å². The van der Waals surface area contributed by atoms with E-state index in [1.54, 1.807) is 19.1 Å². The van der Waals surface area contributed by atoms with Gasteiger partial charge < -0.3 is 24.6 Å². The average molecular weight is 693 g/mol. The molecule has 2 fully saturated rings. The highest BCUT2D eigenvalue weighted by molar-refractivity contribution is 7.89. The minimum absolute atomic E-state index is 0.0251. The molecule has 258 valence electrons. The zero-order chi connectivity index (χ0) is 34.5. The van der Waals surface area contributed by atoms with Crippen LogP contribution in [0.25, 0.3) is 22.0 Å². The molecule has 1 atom stereocenters. The lowest BCUT2D eigenvalue weighted by atomic mass is 10.0. The van der Waals surface area contributed by atoms with E-state index in [2.05, 4.69) is 37.3 Å². The third kappa shape index (κ3) is 7.57. The van der Waals surface area contributed by atoms with Gasteiger partial charge in [-0.3, -0.25) is 4.79 Å². The van der Waals surface area contributed by atoms with Crippen LogP contribution in [0.15, 0.2) is 102 Å². The Kier molecular flexibility index (Phi) is 9.92. The minimum Gasteiger partial charge on any atom is -0.484 e. The van der Waals surface area contributed by atoms with Crippen LogP contribution in [0.3, 0.4) is 0 Å². The topological polar surface area (TPSA) is 126 Å². The summed E-state index contributed by atoms with van der Waals surface area (Å²) in [4.78, 5) is 17.2. The fourth-order valence-electron chi connectivity index (χ4n) is 6.39. The van der Waals surface area contributed by atoms with E-state index in [4.69, 9.17) is 9.47 Å². The second-order valence-corrected chi connectivity index (χ2v) is 14.3. The number of rotatable bonds is 11. The molecule has 0 radical (unpaired) electrons. The van der Waals surface area contributed by atoms with Crippen LogP contribution in [-0.2, 0) is 19.6 Å². The highest BCUT2D eigenvalue weighted by Gasteiger charge is 2.24. The van der Waals surface area contributed by atoms with Crippen molar-refractivity contribution in [2.24, 2.45) is 0 Å². The molecule has 3 heterocycles. The Balaban J connectivity index is 1.00. The van der Waals surface area contributed by atoms with Crippen LogP contribution in [0.2, 0.25) is 0 Å². The number of para-hydroxylation sites is 1. The molecule has 4 aromatic carbocycles. The Labute approximate surface area is 292 Å². The molecular formula is C38H40N6O5S. The van der Waals surface area contributed by atoms with E-state index in [0.717, 1.165) is 42.4 Å². The van der Waals surface area contributed by atoms with Crippen LogP contribution in [0.4, 0.5) is 17.2 Å². The van der Waals surface area contributed by atoms with Gasteiger partial charge in [-0.05, 0) is 67.8 Å². The fraction of sp³-hybridized carbons (Fsp3) is 0.289. The van der Waals surface area contributed by atoms with Crippen LogP contribution >= 0.6 is 0 Å². The van der Waals surface area contributed by atoms with Crippen molar-refractivity contribution in [1.29, 1.82) is 0 Å². The van der Waals surface area contributed by atoms with Crippen molar-refractivity contribution < 1.29 is 22.7 Å². The number of piperazine rings is 1. The predicted octanol–water partition coefficient (Wildman–Crippen LogP) is 5.53. The molecule has 2 saturated heterocycles. The van der Waals surface area contributed by atoms with E-state index in [1.165, 1.54) is 5.69 Å². The number of anilines is 3. The molecule has 12 heteroatoms. The van der Waals surface area contributed by atoms with Crippen LogP contribution in [0.5, 0.6) is 5.75 Å². The largest absolute Gasteiger partial charge is 0.484 e. The summed E-state index contributed by atoms with van der Waals surface area (Å²) in [5.74, 6) is 1.12.